The van der Waals surface area contributed by atoms with E-state index in [1.165, 1.54) is 0 Å². The minimum absolute atomic E-state index is 0.0186. The second-order valence-electron chi connectivity index (χ2n) is 7.97. The van der Waals surface area contributed by atoms with Crippen LogP contribution in [0.15, 0.2) is 57.9 Å². The van der Waals surface area contributed by atoms with Crippen LogP contribution in [0.1, 0.15) is 11.1 Å². The van der Waals surface area contributed by atoms with Crippen LogP contribution in [0.5, 0.6) is 11.5 Å². The molecule has 4 rings (SSSR count). The molecule has 8 N–H and O–H groups in total. The predicted octanol–water partition coefficient (Wildman–Crippen LogP) is -1.61. The zero-order chi connectivity index (χ0) is 26.0. The molecule has 13 heteroatoms. The van der Waals surface area contributed by atoms with E-state index in [1.807, 2.05) is 0 Å². The Morgan fingerprint density at radius 2 is 1.66 bits per heavy atom. The molecule has 35 heavy (non-hydrogen) atoms. The maximum absolute atomic E-state index is 12.5. The number of methoxy groups -OCH3 is 1. The van der Waals surface area contributed by atoms with Gasteiger partial charge in [-0.3, -0.25) is 9.53 Å². The summed E-state index contributed by atoms with van der Waals surface area (Å²) in [6, 6.07) is 6.69. The van der Waals surface area contributed by atoms with Gasteiger partial charge in [0.15, 0.2) is 22.5 Å². The molecule has 3 atom stereocenters. The van der Waals surface area contributed by atoms with Crippen LogP contribution in [-0.2, 0) is 20.7 Å². The number of phenols is 1. The summed E-state index contributed by atoms with van der Waals surface area (Å²) in [4.78, 5) is 24.5. The number of aliphatic carboxylic acids is 1. The molecule has 13 nitrogen and oxygen atoms in total. The van der Waals surface area contributed by atoms with E-state index in [9.17, 15) is 50.4 Å². The molecule has 0 radical (unpaired) electrons. The molecule has 0 aliphatic carbocycles. The van der Waals surface area contributed by atoms with Gasteiger partial charge in [0.1, 0.15) is 11.7 Å². The van der Waals surface area contributed by atoms with E-state index in [1.54, 1.807) is 0 Å². The number of fused-ring (bicyclic) bond motifs is 1. The van der Waals surface area contributed by atoms with Gasteiger partial charge in [-0.2, -0.15) is 0 Å². The Kier molecular flexibility index (Phi) is 5.42. The largest absolute Gasteiger partial charge is 0.504 e. The van der Waals surface area contributed by atoms with Gasteiger partial charge in [-0.05, 0) is 29.8 Å². The number of carboxylic acids is 1. The van der Waals surface area contributed by atoms with Crippen molar-refractivity contribution in [1.82, 2.24) is 0 Å². The highest BCUT2D eigenvalue weighted by atomic mass is 16.8. The second-order valence-corrected chi connectivity index (χ2v) is 7.97. The lowest BCUT2D eigenvalue weighted by Crippen LogP contribution is -2.81. The Labute approximate surface area is 194 Å². The molecule has 1 aliphatic heterocycles. The van der Waals surface area contributed by atoms with Crippen molar-refractivity contribution in [3.63, 3.8) is 0 Å². The monoisotopic (exact) mass is 492 g/mol. The maximum Gasteiger partial charge on any atom is 0.343 e. The van der Waals surface area contributed by atoms with Gasteiger partial charge in [0.05, 0.1) is 18.8 Å². The van der Waals surface area contributed by atoms with E-state index in [-0.39, 0.29) is 16.7 Å². The standard InChI is InChI=1S/C22H20O13/c1-33-16-8-10(3-5-14(16)24)19(18(26)27)17(25)20(28,21(29,30)22(31,32)35-19)11-2-4-12-13(23)6-7-34-15(12)9-11/h2-9,17,24-25,28-32H,1H3,(H,26,27)/t17-,19+,20+/m1/s1. The van der Waals surface area contributed by atoms with Crippen LogP contribution in [0, 0.1) is 0 Å². The van der Waals surface area contributed by atoms with Gasteiger partial charge < -0.3 is 50.0 Å². The number of hydrogen-bond donors (Lipinski definition) is 8. The molecule has 1 aromatic heterocycles. The Morgan fingerprint density at radius 3 is 2.29 bits per heavy atom. The SMILES string of the molecule is COc1cc([C@]2(C(=O)O)OC(O)(O)C(O)(O)[C@](O)(c3ccc4c(=O)ccoc4c3)[C@@H]2O)ccc1O. The lowest BCUT2D eigenvalue weighted by atomic mass is 9.68. The molecule has 0 bridgehead atoms. The molecule has 1 aliphatic rings. The molecule has 1 fully saturated rings. The highest BCUT2D eigenvalue weighted by molar-refractivity contribution is 5.82. The van der Waals surface area contributed by atoms with Crippen molar-refractivity contribution >= 4 is 16.9 Å². The number of benzene rings is 2. The topological polar surface area (TPSA) is 228 Å². The van der Waals surface area contributed by atoms with Crippen LogP contribution >= 0.6 is 0 Å². The van der Waals surface area contributed by atoms with Crippen LogP contribution in [0.25, 0.3) is 11.0 Å². The molecule has 1 saturated heterocycles. The van der Waals surface area contributed by atoms with Gasteiger partial charge in [-0.15, -0.1) is 0 Å². The number of carboxylic acid groups (broad SMARTS) is 1. The number of hydrogen-bond acceptors (Lipinski definition) is 12. The first-order valence-corrected chi connectivity index (χ1v) is 9.87. The molecule has 0 spiro atoms. The Morgan fingerprint density at radius 1 is 1.00 bits per heavy atom. The summed E-state index contributed by atoms with van der Waals surface area (Å²) >= 11 is 0. The van der Waals surface area contributed by atoms with Gasteiger partial charge >= 0.3 is 11.9 Å². The fourth-order valence-corrected chi connectivity index (χ4v) is 4.17. The lowest BCUT2D eigenvalue weighted by molar-refractivity contribution is -0.551. The van der Waals surface area contributed by atoms with Gasteiger partial charge in [0.25, 0.3) is 5.79 Å². The number of rotatable bonds is 4. The summed E-state index contributed by atoms with van der Waals surface area (Å²) < 4.78 is 14.9. The number of aliphatic hydroxyl groups excluding tert-OH is 1. The Hall–Kier alpha value is -3.56. The highest BCUT2D eigenvalue weighted by Crippen LogP contribution is 2.54. The maximum atomic E-state index is 12.5. The van der Waals surface area contributed by atoms with Crippen molar-refractivity contribution in [3.8, 4) is 11.5 Å². The molecule has 2 aromatic carbocycles. The molecule has 2 heterocycles. The molecule has 0 unspecified atom stereocenters. The van der Waals surface area contributed by atoms with Gasteiger partial charge in [-0.25, -0.2) is 4.79 Å². The van der Waals surface area contributed by atoms with Crippen LogP contribution in [0.2, 0.25) is 0 Å². The molecule has 0 saturated carbocycles. The van der Waals surface area contributed by atoms with Crippen molar-refractivity contribution in [1.29, 1.82) is 0 Å². The fourth-order valence-electron chi connectivity index (χ4n) is 4.17. The van der Waals surface area contributed by atoms with E-state index in [2.05, 4.69) is 0 Å². The highest BCUT2D eigenvalue weighted by Gasteiger charge is 2.78. The third-order valence-corrected chi connectivity index (χ3v) is 6.10. The number of carbonyl (C=O) groups is 1. The van der Waals surface area contributed by atoms with E-state index < -0.39 is 57.3 Å². The van der Waals surface area contributed by atoms with Crippen molar-refractivity contribution in [3.05, 3.63) is 70.1 Å². The third-order valence-electron chi connectivity index (χ3n) is 6.10. The smallest absolute Gasteiger partial charge is 0.343 e. The number of phenolic OH excluding ortho intramolecular Hbond substituents is 1. The Bertz CT molecular complexity index is 1380. The van der Waals surface area contributed by atoms with Crippen molar-refractivity contribution in [2.45, 2.75) is 29.1 Å². The van der Waals surface area contributed by atoms with E-state index in [4.69, 9.17) is 13.9 Å². The van der Waals surface area contributed by atoms with E-state index >= 15 is 0 Å². The van der Waals surface area contributed by atoms with Gasteiger partial charge in [0.2, 0.25) is 5.60 Å². The summed E-state index contributed by atoms with van der Waals surface area (Å²) in [7, 11) is 1.12. The van der Waals surface area contributed by atoms with E-state index in [0.29, 0.717) is 0 Å². The number of ether oxygens (including phenoxy) is 2. The minimum atomic E-state index is -4.21. The van der Waals surface area contributed by atoms with E-state index in [0.717, 1.165) is 55.8 Å². The third kappa shape index (κ3) is 3.15. The summed E-state index contributed by atoms with van der Waals surface area (Å²) in [5.41, 5.74) is -8.86. The Balaban J connectivity index is 2.05. The fraction of sp³-hybridized carbons (Fsp3) is 0.273. The zero-order valence-corrected chi connectivity index (χ0v) is 17.8. The molecular formula is C22H20O13. The summed E-state index contributed by atoms with van der Waals surface area (Å²) in [6.45, 7) is 0. The van der Waals surface area contributed by atoms with Crippen molar-refractivity contribution in [2.24, 2.45) is 0 Å². The minimum Gasteiger partial charge on any atom is -0.504 e. The number of aromatic hydroxyl groups is 1. The van der Waals surface area contributed by atoms with Crippen molar-refractivity contribution < 1.29 is 59.5 Å². The second kappa shape index (κ2) is 7.73. The molecule has 0 amide bonds. The molecule has 186 valence electrons. The predicted molar refractivity (Wildman–Crippen MR) is 112 cm³/mol. The first-order chi connectivity index (χ1) is 16.2. The average Bonchev–Trinajstić information content (AvgIpc) is 2.80. The average molecular weight is 492 g/mol. The number of aliphatic hydroxyl groups is 6. The van der Waals surface area contributed by atoms with Gasteiger partial charge in [-0.1, -0.05) is 12.1 Å². The molecular weight excluding hydrogens is 472 g/mol. The normalized spacial score (nSPS) is 27.5. The van der Waals surface area contributed by atoms with Crippen LogP contribution < -0.4 is 10.2 Å². The lowest BCUT2D eigenvalue weighted by Gasteiger charge is -2.57. The molecule has 3 aromatic rings. The summed E-state index contributed by atoms with van der Waals surface area (Å²) in [5.74, 6) is -11.2. The van der Waals surface area contributed by atoms with Crippen LogP contribution in [0.4, 0.5) is 0 Å². The van der Waals surface area contributed by atoms with Crippen LogP contribution in [0.3, 0.4) is 0 Å². The summed E-state index contributed by atoms with van der Waals surface area (Å²) in [5, 5.41) is 84.9. The van der Waals surface area contributed by atoms with Crippen LogP contribution in [-0.4, -0.2) is 71.8 Å². The van der Waals surface area contributed by atoms with Crippen molar-refractivity contribution in [2.75, 3.05) is 7.11 Å². The first kappa shape index (κ1) is 24.6. The first-order valence-electron chi connectivity index (χ1n) is 9.87. The zero-order valence-electron chi connectivity index (χ0n) is 17.8. The van der Waals surface area contributed by atoms with Gasteiger partial charge in [0, 0.05) is 11.6 Å². The summed E-state index contributed by atoms with van der Waals surface area (Å²) in [6.07, 6.45) is -1.87. The quantitative estimate of drug-likeness (QED) is 0.192.